The van der Waals surface area contributed by atoms with Gasteiger partial charge in [0.05, 0.1) is 5.56 Å². The topological polar surface area (TPSA) is 30.7 Å². The highest BCUT2D eigenvalue weighted by atomic mass is 32.2. The zero-order valence-electron chi connectivity index (χ0n) is 13.4. The zero-order chi connectivity index (χ0) is 16.4. The number of benzene rings is 2. The fourth-order valence-electron chi connectivity index (χ4n) is 2.42. The number of hydrogen-bond acceptors (Lipinski definition) is 3. The monoisotopic (exact) mass is 327 g/mol. The first kappa shape index (κ1) is 15.7. The number of hydrogen-bond donors (Lipinski definition) is 0. The van der Waals surface area contributed by atoms with Crippen molar-refractivity contribution in [2.24, 2.45) is 7.05 Å². The normalized spacial score (nSPS) is 11.0. The molecular weight excluding hydrogens is 309 g/mol. The van der Waals surface area contributed by atoms with Crippen LogP contribution in [0.1, 0.15) is 16.7 Å². The van der Waals surface area contributed by atoms with Crippen LogP contribution in [0.25, 0.3) is 11.4 Å². The van der Waals surface area contributed by atoms with Crippen molar-refractivity contribution in [1.29, 1.82) is 0 Å². The Morgan fingerprint density at radius 1 is 1.09 bits per heavy atom. The van der Waals surface area contributed by atoms with E-state index in [2.05, 4.69) is 42.2 Å². The molecule has 3 rings (SSSR count). The molecule has 0 fully saturated rings. The van der Waals surface area contributed by atoms with E-state index in [9.17, 15) is 4.39 Å². The summed E-state index contributed by atoms with van der Waals surface area (Å²) in [5.74, 6) is 1.08. The first-order chi connectivity index (χ1) is 11.1. The van der Waals surface area contributed by atoms with Crippen LogP contribution in [0.5, 0.6) is 0 Å². The molecule has 1 heterocycles. The Hall–Kier alpha value is -2.14. The van der Waals surface area contributed by atoms with Crippen LogP contribution in [0.15, 0.2) is 47.6 Å². The summed E-state index contributed by atoms with van der Waals surface area (Å²) in [6.45, 7) is 4.20. The lowest BCUT2D eigenvalue weighted by Crippen LogP contribution is -1.97. The third-order valence-electron chi connectivity index (χ3n) is 3.81. The standard InChI is InChI=1S/C18H18FN3S/c1-12-8-9-13(2)14(10-12)11-23-18-21-20-17(22(18)3)15-6-4-5-7-16(15)19/h4-10H,11H2,1-3H3. The van der Waals surface area contributed by atoms with E-state index in [1.165, 1.54) is 22.8 Å². The summed E-state index contributed by atoms with van der Waals surface area (Å²) in [7, 11) is 1.87. The fourth-order valence-corrected chi connectivity index (χ4v) is 3.39. The van der Waals surface area contributed by atoms with Gasteiger partial charge in [0, 0.05) is 12.8 Å². The van der Waals surface area contributed by atoms with Crippen molar-refractivity contribution in [1.82, 2.24) is 14.8 Å². The Morgan fingerprint density at radius 3 is 2.65 bits per heavy atom. The van der Waals surface area contributed by atoms with E-state index >= 15 is 0 Å². The van der Waals surface area contributed by atoms with Crippen LogP contribution in [0, 0.1) is 19.7 Å². The summed E-state index contributed by atoms with van der Waals surface area (Å²) < 4.78 is 15.8. The molecule has 5 heteroatoms. The van der Waals surface area contributed by atoms with Gasteiger partial charge in [-0.15, -0.1) is 10.2 Å². The molecule has 0 saturated carbocycles. The van der Waals surface area contributed by atoms with Crippen molar-refractivity contribution in [3.63, 3.8) is 0 Å². The Morgan fingerprint density at radius 2 is 1.87 bits per heavy atom. The van der Waals surface area contributed by atoms with Gasteiger partial charge in [0.25, 0.3) is 0 Å². The van der Waals surface area contributed by atoms with Crippen LogP contribution in [-0.4, -0.2) is 14.8 Å². The molecule has 3 aromatic rings. The fraction of sp³-hybridized carbons (Fsp3) is 0.222. The molecule has 0 radical (unpaired) electrons. The van der Waals surface area contributed by atoms with Gasteiger partial charge >= 0.3 is 0 Å². The second-order valence-electron chi connectivity index (χ2n) is 5.56. The molecule has 0 aliphatic carbocycles. The predicted molar refractivity (Wildman–Crippen MR) is 91.9 cm³/mol. The second-order valence-corrected chi connectivity index (χ2v) is 6.51. The zero-order valence-corrected chi connectivity index (χ0v) is 14.2. The van der Waals surface area contributed by atoms with Crippen molar-refractivity contribution in [3.05, 3.63) is 65.0 Å². The van der Waals surface area contributed by atoms with Gasteiger partial charge in [-0.05, 0) is 37.1 Å². The molecule has 118 valence electrons. The molecule has 0 amide bonds. The van der Waals surface area contributed by atoms with Gasteiger partial charge in [0.2, 0.25) is 0 Å². The molecule has 0 saturated heterocycles. The Balaban J connectivity index is 1.83. The van der Waals surface area contributed by atoms with E-state index in [1.54, 1.807) is 30.0 Å². The van der Waals surface area contributed by atoms with E-state index < -0.39 is 0 Å². The highest BCUT2D eigenvalue weighted by Crippen LogP contribution is 2.27. The second kappa shape index (κ2) is 6.54. The minimum absolute atomic E-state index is 0.283. The van der Waals surface area contributed by atoms with Crippen molar-refractivity contribution in [3.8, 4) is 11.4 Å². The maximum absolute atomic E-state index is 13.9. The van der Waals surface area contributed by atoms with Crippen molar-refractivity contribution in [2.75, 3.05) is 0 Å². The van der Waals surface area contributed by atoms with E-state index in [0.29, 0.717) is 11.4 Å². The summed E-state index contributed by atoms with van der Waals surface area (Å²) in [6.07, 6.45) is 0. The number of nitrogens with zero attached hydrogens (tertiary/aromatic N) is 3. The number of aryl methyl sites for hydroxylation is 2. The first-order valence-electron chi connectivity index (χ1n) is 7.39. The van der Waals surface area contributed by atoms with Crippen molar-refractivity contribution >= 4 is 11.8 Å². The lowest BCUT2D eigenvalue weighted by Gasteiger charge is -2.07. The Kier molecular flexibility index (Phi) is 4.48. The van der Waals surface area contributed by atoms with Crippen LogP contribution in [0.4, 0.5) is 4.39 Å². The maximum atomic E-state index is 13.9. The molecule has 0 aliphatic rings. The Labute approximate surface area is 139 Å². The summed E-state index contributed by atoms with van der Waals surface area (Å²) >= 11 is 1.61. The molecule has 3 nitrogen and oxygen atoms in total. The van der Waals surface area contributed by atoms with Crippen LogP contribution in [0.2, 0.25) is 0 Å². The number of halogens is 1. The number of rotatable bonds is 4. The average molecular weight is 327 g/mol. The largest absolute Gasteiger partial charge is 0.305 e. The van der Waals surface area contributed by atoms with Crippen molar-refractivity contribution in [2.45, 2.75) is 24.8 Å². The third-order valence-corrected chi connectivity index (χ3v) is 4.88. The van der Waals surface area contributed by atoms with Crippen molar-refractivity contribution < 1.29 is 4.39 Å². The van der Waals surface area contributed by atoms with Gasteiger partial charge in [0.1, 0.15) is 5.82 Å². The summed E-state index contributed by atoms with van der Waals surface area (Å²) in [5.41, 5.74) is 4.27. The van der Waals surface area contributed by atoms with Gasteiger partial charge in [-0.3, -0.25) is 0 Å². The van der Waals surface area contributed by atoms with E-state index in [-0.39, 0.29) is 5.82 Å². The van der Waals surface area contributed by atoms with Gasteiger partial charge in [0.15, 0.2) is 11.0 Å². The van der Waals surface area contributed by atoms with Crippen LogP contribution < -0.4 is 0 Å². The van der Waals surface area contributed by atoms with E-state index in [0.717, 1.165) is 10.9 Å². The van der Waals surface area contributed by atoms with Gasteiger partial charge in [-0.2, -0.15) is 0 Å². The van der Waals surface area contributed by atoms with Gasteiger partial charge in [-0.1, -0.05) is 47.7 Å². The third kappa shape index (κ3) is 3.29. The molecule has 23 heavy (non-hydrogen) atoms. The lowest BCUT2D eigenvalue weighted by molar-refractivity contribution is 0.628. The highest BCUT2D eigenvalue weighted by molar-refractivity contribution is 7.98. The molecule has 1 aromatic heterocycles. The minimum atomic E-state index is -0.283. The number of aromatic nitrogens is 3. The Bertz CT molecular complexity index is 842. The predicted octanol–water partition coefficient (Wildman–Crippen LogP) is 4.53. The SMILES string of the molecule is Cc1ccc(C)c(CSc2nnc(-c3ccccc3F)n2C)c1. The van der Waals surface area contributed by atoms with Gasteiger partial charge in [-0.25, -0.2) is 4.39 Å². The molecule has 2 aromatic carbocycles. The highest BCUT2D eigenvalue weighted by Gasteiger charge is 2.14. The maximum Gasteiger partial charge on any atom is 0.191 e. The molecule has 0 aliphatic heterocycles. The molecule has 0 bridgehead atoms. The van der Waals surface area contributed by atoms with Crippen LogP contribution in [-0.2, 0) is 12.8 Å². The van der Waals surface area contributed by atoms with Crippen LogP contribution in [0.3, 0.4) is 0 Å². The van der Waals surface area contributed by atoms with E-state index in [4.69, 9.17) is 0 Å². The number of thioether (sulfide) groups is 1. The molecule has 0 atom stereocenters. The molecule has 0 spiro atoms. The first-order valence-corrected chi connectivity index (χ1v) is 8.38. The smallest absolute Gasteiger partial charge is 0.191 e. The minimum Gasteiger partial charge on any atom is -0.305 e. The molecule has 0 N–H and O–H groups in total. The van der Waals surface area contributed by atoms with E-state index in [1.807, 2.05) is 11.6 Å². The summed E-state index contributed by atoms with van der Waals surface area (Å²) in [6, 6.07) is 13.1. The average Bonchev–Trinajstić information content (AvgIpc) is 2.90. The lowest BCUT2D eigenvalue weighted by atomic mass is 10.1. The summed E-state index contributed by atoms with van der Waals surface area (Å²) in [4.78, 5) is 0. The molecular formula is C18H18FN3S. The van der Waals surface area contributed by atoms with Gasteiger partial charge < -0.3 is 4.57 Å². The quantitative estimate of drug-likeness (QED) is 0.660. The summed E-state index contributed by atoms with van der Waals surface area (Å²) in [5, 5.41) is 9.14. The van der Waals surface area contributed by atoms with Crippen LogP contribution >= 0.6 is 11.8 Å². The molecule has 0 unspecified atom stereocenters.